The molecule has 1 radical (unpaired) electrons. The van der Waals surface area contributed by atoms with Crippen LogP contribution in [0.15, 0.2) is 10.8 Å². The van der Waals surface area contributed by atoms with Crippen LogP contribution < -0.4 is 5.32 Å². The second kappa shape index (κ2) is 3.67. The number of rotatable bonds is 2. The quantitative estimate of drug-likeness (QED) is 0.818. The van der Waals surface area contributed by atoms with Gasteiger partial charge in [0, 0.05) is 6.04 Å². The van der Waals surface area contributed by atoms with Crippen molar-refractivity contribution >= 4 is 21.7 Å². The number of nitrogens with one attached hydrogen (secondary N) is 1. The summed E-state index contributed by atoms with van der Waals surface area (Å²) >= 11 is 3.22. The van der Waals surface area contributed by atoms with Crippen LogP contribution in [0.1, 0.15) is 13.8 Å². The molecule has 4 heteroatoms. The minimum absolute atomic E-state index is 0.356. The lowest BCUT2D eigenvalue weighted by Gasteiger charge is -2.06. The standard InChI is InChI=1S/C7H9BrN3/c1-5(2)10-7-4-9-3-6(8)11-7/h3,5H,1-2H3,(H,10,11). The first-order valence-electron chi connectivity index (χ1n) is 3.35. The third-order valence-corrected chi connectivity index (χ3v) is 1.37. The van der Waals surface area contributed by atoms with Gasteiger partial charge in [0.2, 0.25) is 0 Å². The van der Waals surface area contributed by atoms with Crippen molar-refractivity contribution < 1.29 is 0 Å². The molecule has 0 aliphatic heterocycles. The van der Waals surface area contributed by atoms with Gasteiger partial charge in [-0.3, -0.25) is 0 Å². The lowest BCUT2D eigenvalue weighted by Crippen LogP contribution is -2.11. The molecule has 3 nitrogen and oxygen atoms in total. The summed E-state index contributed by atoms with van der Waals surface area (Å²) in [7, 11) is 0. The fraction of sp³-hybridized carbons (Fsp3) is 0.429. The normalized spacial score (nSPS) is 10.2. The van der Waals surface area contributed by atoms with E-state index in [0.717, 1.165) is 4.60 Å². The second-order valence-electron chi connectivity index (χ2n) is 2.45. The van der Waals surface area contributed by atoms with Gasteiger partial charge >= 0.3 is 0 Å². The van der Waals surface area contributed by atoms with Crippen LogP contribution in [-0.4, -0.2) is 16.0 Å². The van der Waals surface area contributed by atoms with Gasteiger partial charge in [0.15, 0.2) is 5.82 Å². The smallest absolute Gasteiger partial charge is 0.155 e. The van der Waals surface area contributed by atoms with Gasteiger partial charge in [0.25, 0.3) is 0 Å². The fourth-order valence-electron chi connectivity index (χ4n) is 0.645. The highest BCUT2D eigenvalue weighted by Gasteiger charge is 1.97. The maximum atomic E-state index is 4.10. The Balaban J connectivity index is 2.71. The van der Waals surface area contributed by atoms with Crippen molar-refractivity contribution in [1.29, 1.82) is 0 Å². The molecule has 1 rings (SSSR count). The van der Waals surface area contributed by atoms with E-state index in [9.17, 15) is 0 Å². The fourth-order valence-corrected chi connectivity index (χ4v) is 0.925. The van der Waals surface area contributed by atoms with Crippen molar-refractivity contribution in [1.82, 2.24) is 9.97 Å². The maximum Gasteiger partial charge on any atom is 0.155 e. The molecule has 0 aliphatic carbocycles. The summed E-state index contributed by atoms with van der Waals surface area (Å²) in [4.78, 5) is 7.94. The van der Waals surface area contributed by atoms with Gasteiger partial charge in [0.1, 0.15) is 10.8 Å². The van der Waals surface area contributed by atoms with Gasteiger partial charge in [-0.05, 0) is 29.8 Å². The van der Waals surface area contributed by atoms with Crippen molar-refractivity contribution in [2.24, 2.45) is 0 Å². The van der Waals surface area contributed by atoms with Gasteiger partial charge in [-0.2, -0.15) is 0 Å². The second-order valence-corrected chi connectivity index (χ2v) is 3.26. The molecule has 1 N–H and O–H groups in total. The molecule has 0 unspecified atom stereocenters. The highest BCUT2D eigenvalue weighted by Crippen LogP contribution is 2.07. The first-order chi connectivity index (χ1) is 5.18. The van der Waals surface area contributed by atoms with Crippen molar-refractivity contribution in [3.05, 3.63) is 17.0 Å². The van der Waals surface area contributed by atoms with Crippen LogP contribution in [0.3, 0.4) is 0 Å². The Morgan fingerprint density at radius 3 is 2.91 bits per heavy atom. The first-order valence-corrected chi connectivity index (χ1v) is 4.14. The van der Waals surface area contributed by atoms with Crippen LogP contribution in [0.2, 0.25) is 0 Å². The Bertz CT molecular complexity index is 237. The van der Waals surface area contributed by atoms with Crippen molar-refractivity contribution in [2.45, 2.75) is 19.9 Å². The molecule has 0 saturated heterocycles. The number of nitrogens with zero attached hydrogens (tertiary/aromatic N) is 2. The van der Waals surface area contributed by atoms with E-state index in [2.05, 4.69) is 37.4 Å². The van der Waals surface area contributed by atoms with E-state index in [1.54, 1.807) is 6.20 Å². The summed E-state index contributed by atoms with van der Waals surface area (Å²) in [5.41, 5.74) is 0. The van der Waals surface area contributed by atoms with E-state index in [0.29, 0.717) is 11.9 Å². The number of anilines is 1. The van der Waals surface area contributed by atoms with Gasteiger partial charge in [-0.15, -0.1) is 0 Å². The van der Waals surface area contributed by atoms with E-state index < -0.39 is 0 Å². The molecular weight excluding hydrogens is 206 g/mol. The molecule has 0 aliphatic rings. The van der Waals surface area contributed by atoms with E-state index in [4.69, 9.17) is 0 Å². The largest absolute Gasteiger partial charge is 0.366 e. The molecule has 0 atom stereocenters. The minimum Gasteiger partial charge on any atom is -0.366 e. The molecule has 0 aromatic carbocycles. The molecule has 0 saturated carbocycles. The van der Waals surface area contributed by atoms with Crippen LogP contribution in [0.25, 0.3) is 0 Å². The van der Waals surface area contributed by atoms with Crippen LogP contribution in [0.4, 0.5) is 5.82 Å². The topological polar surface area (TPSA) is 37.8 Å². The highest BCUT2D eigenvalue weighted by atomic mass is 79.9. The minimum atomic E-state index is 0.356. The van der Waals surface area contributed by atoms with Crippen molar-refractivity contribution in [2.75, 3.05) is 5.32 Å². The van der Waals surface area contributed by atoms with E-state index >= 15 is 0 Å². The van der Waals surface area contributed by atoms with Crippen LogP contribution in [0.5, 0.6) is 0 Å². The summed E-state index contributed by atoms with van der Waals surface area (Å²) in [5.74, 6) is 0.675. The number of halogens is 1. The van der Waals surface area contributed by atoms with Crippen LogP contribution in [0, 0.1) is 6.20 Å². The summed E-state index contributed by atoms with van der Waals surface area (Å²) in [6.45, 7) is 4.08. The summed E-state index contributed by atoms with van der Waals surface area (Å²) in [6, 6.07) is 0.356. The molecule has 0 bridgehead atoms. The molecule has 59 valence electrons. The molecule has 0 spiro atoms. The zero-order chi connectivity index (χ0) is 8.27. The van der Waals surface area contributed by atoms with Gasteiger partial charge in [0.05, 0.1) is 6.20 Å². The van der Waals surface area contributed by atoms with Crippen LogP contribution >= 0.6 is 15.9 Å². The van der Waals surface area contributed by atoms with E-state index in [1.807, 2.05) is 13.8 Å². The number of hydrogen-bond acceptors (Lipinski definition) is 3. The van der Waals surface area contributed by atoms with E-state index in [-0.39, 0.29) is 0 Å². The average molecular weight is 215 g/mol. The number of aromatic nitrogens is 2. The molecular formula is C7H9BrN3. The predicted molar refractivity (Wildman–Crippen MR) is 47.3 cm³/mol. The summed E-state index contributed by atoms with van der Waals surface area (Å²) < 4.78 is 0.722. The zero-order valence-electron chi connectivity index (χ0n) is 6.43. The number of hydrogen-bond donors (Lipinski definition) is 1. The Morgan fingerprint density at radius 1 is 1.64 bits per heavy atom. The Hall–Kier alpha value is -0.640. The average Bonchev–Trinajstić information content (AvgIpc) is 1.85. The van der Waals surface area contributed by atoms with Gasteiger partial charge in [-0.25, -0.2) is 9.97 Å². The predicted octanol–water partition coefficient (Wildman–Crippen LogP) is 1.86. The lowest BCUT2D eigenvalue weighted by molar-refractivity contribution is 0.883. The highest BCUT2D eigenvalue weighted by molar-refractivity contribution is 9.10. The first kappa shape index (κ1) is 8.46. The third kappa shape index (κ3) is 2.84. The van der Waals surface area contributed by atoms with E-state index in [1.165, 1.54) is 0 Å². The van der Waals surface area contributed by atoms with Crippen molar-refractivity contribution in [3.8, 4) is 0 Å². The lowest BCUT2D eigenvalue weighted by atomic mass is 10.4. The van der Waals surface area contributed by atoms with Gasteiger partial charge in [-0.1, -0.05) is 0 Å². The van der Waals surface area contributed by atoms with Gasteiger partial charge < -0.3 is 5.32 Å². The molecule has 11 heavy (non-hydrogen) atoms. The molecule has 0 fully saturated rings. The Morgan fingerprint density at radius 2 is 2.36 bits per heavy atom. The SMILES string of the molecule is CC(C)Nc1[c]ncc(Br)n1. The molecule has 1 heterocycles. The molecule has 1 aromatic rings. The summed E-state index contributed by atoms with van der Waals surface area (Å²) in [6.07, 6.45) is 4.34. The molecule has 1 aromatic heterocycles. The van der Waals surface area contributed by atoms with Crippen LogP contribution in [-0.2, 0) is 0 Å². The maximum absolute atomic E-state index is 4.10. The van der Waals surface area contributed by atoms with Crippen molar-refractivity contribution in [3.63, 3.8) is 0 Å². The zero-order valence-corrected chi connectivity index (χ0v) is 8.01. The monoisotopic (exact) mass is 214 g/mol. The molecule has 0 amide bonds. The Kier molecular flexibility index (Phi) is 2.82. The summed E-state index contributed by atoms with van der Waals surface area (Å²) in [5, 5.41) is 3.09. The Labute approximate surface area is 74.4 Å². The third-order valence-electron chi connectivity index (χ3n) is 0.986.